The van der Waals surface area contributed by atoms with Gasteiger partial charge in [-0.1, -0.05) is 38.1 Å². The van der Waals surface area contributed by atoms with Crippen LogP contribution in [0.4, 0.5) is 17.6 Å². The lowest BCUT2D eigenvalue weighted by atomic mass is 9.63. The van der Waals surface area contributed by atoms with E-state index < -0.39 is 47.1 Å². The van der Waals surface area contributed by atoms with Crippen molar-refractivity contribution in [1.29, 1.82) is 0 Å². The number of para-hydroxylation sites is 1. The van der Waals surface area contributed by atoms with Gasteiger partial charge in [0.25, 0.3) is 5.91 Å². The van der Waals surface area contributed by atoms with Crippen LogP contribution in [0.15, 0.2) is 46.9 Å². The third kappa shape index (κ3) is 3.23. The standard InChI is InChI=1S/C22H19F4NO4/c1-20(2)10-21(30,22(24,25)26)18(12-7-8-13(23)17(28)16(12)20)27-19(29)15-9-11-5-3-4-6-14(11)31-15/h3-9,18,28,30H,10H2,1-2H3,(H,27,29)/t18-,21-/m1/s1. The van der Waals surface area contributed by atoms with Crippen LogP contribution in [0.3, 0.4) is 0 Å². The summed E-state index contributed by atoms with van der Waals surface area (Å²) >= 11 is 0. The van der Waals surface area contributed by atoms with Crippen LogP contribution in [-0.4, -0.2) is 27.9 Å². The van der Waals surface area contributed by atoms with Gasteiger partial charge in [-0.05, 0) is 35.6 Å². The molecule has 31 heavy (non-hydrogen) atoms. The van der Waals surface area contributed by atoms with Crippen molar-refractivity contribution in [2.24, 2.45) is 0 Å². The first-order chi connectivity index (χ1) is 14.3. The van der Waals surface area contributed by atoms with Crippen molar-refractivity contribution in [1.82, 2.24) is 5.32 Å². The molecular weight excluding hydrogens is 418 g/mol. The van der Waals surface area contributed by atoms with Gasteiger partial charge >= 0.3 is 6.18 Å². The molecule has 3 aromatic rings. The zero-order chi connectivity index (χ0) is 22.8. The average molecular weight is 437 g/mol. The average Bonchev–Trinajstić information content (AvgIpc) is 3.10. The maximum atomic E-state index is 14.1. The fourth-order valence-corrected chi connectivity index (χ4v) is 4.41. The van der Waals surface area contributed by atoms with Crippen molar-refractivity contribution in [3.05, 3.63) is 65.2 Å². The van der Waals surface area contributed by atoms with Gasteiger partial charge in [0.2, 0.25) is 0 Å². The highest BCUT2D eigenvalue weighted by Gasteiger charge is 2.64. The van der Waals surface area contributed by atoms with Crippen LogP contribution in [0.1, 0.15) is 48.0 Å². The summed E-state index contributed by atoms with van der Waals surface area (Å²) in [5.74, 6) is -3.05. The van der Waals surface area contributed by atoms with Gasteiger partial charge in [0, 0.05) is 10.9 Å². The number of alkyl halides is 3. The predicted molar refractivity (Wildman–Crippen MR) is 103 cm³/mol. The minimum Gasteiger partial charge on any atom is -0.505 e. The first-order valence-corrected chi connectivity index (χ1v) is 9.45. The van der Waals surface area contributed by atoms with E-state index in [1.54, 1.807) is 24.3 Å². The summed E-state index contributed by atoms with van der Waals surface area (Å²) in [6.45, 7) is 2.72. The lowest BCUT2D eigenvalue weighted by Crippen LogP contribution is -2.60. The topological polar surface area (TPSA) is 82.7 Å². The third-order valence-electron chi connectivity index (χ3n) is 5.75. The molecule has 0 saturated carbocycles. The number of amides is 1. The number of furan rings is 1. The molecule has 5 nitrogen and oxygen atoms in total. The molecule has 164 valence electrons. The number of carbonyl (C=O) groups excluding carboxylic acids is 1. The van der Waals surface area contributed by atoms with Gasteiger partial charge in [0.05, 0.1) is 6.04 Å². The third-order valence-corrected chi connectivity index (χ3v) is 5.75. The summed E-state index contributed by atoms with van der Waals surface area (Å²) in [7, 11) is 0. The van der Waals surface area contributed by atoms with E-state index in [1.165, 1.54) is 19.9 Å². The zero-order valence-corrected chi connectivity index (χ0v) is 16.5. The zero-order valence-electron chi connectivity index (χ0n) is 16.5. The molecule has 3 N–H and O–H groups in total. The second kappa shape index (κ2) is 6.71. The van der Waals surface area contributed by atoms with E-state index in [1.807, 2.05) is 0 Å². The Bertz CT molecular complexity index is 1150. The Morgan fingerprint density at radius 3 is 2.52 bits per heavy atom. The molecule has 0 saturated heterocycles. The van der Waals surface area contributed by atoms with E-state index in [-0.39, 0.29) is 16.9 Å². The van der Waals surface area contributed by atoms with Crippen LogP contribution >= 0.6 is 0 Å². The lowest BCUT2D eigenvalue weighted by Gasteiger charge is -2.48. The number of halogens is 4. The quantitative estimate of drug-likeness (QED) is 0.507. The SMILES string of the molecule is CC1(C)C[C@](O)(C(F)(F)F)[C@H](NC(=O)c2cc3ccccc3o2)c2ccc(F)c(O)c21. The number of phenolic OH excluding ortho intramolecular Hbond substituents is 1. The van der Waals surface area contributed by atoms with Gasteiger partial charge in [-0.15, -0.1) is 0 Å². The van der Waals surface area contributed by atoms with Crippen LogP contribution in [0.5, 0.6) is 5.75 Å². The number of aliphatic hydroxyl groups is 1. The highest BCUT2D eigenvalue weighted by Crippen LogP contribution is 2.55. The van der Waals surface area contributed by atoms with Crippen molar-refractivity contribution < 1.29 is 37.0 Å². The Hall–Kier alpha value is -3.07. The molecule has 0 aliphatic heterocycles. The summed E-state index contributed by atoms with van der Waals surface area (Å²) in [4.78, 5) is 12.8. The predicted octanol–water partition coefficient (Wildman–Crippen LogP) is 4.72. The number of hydrogen-bond acceptors (Lipinski definition) is 4. The summed E-state index contributed by atoms with van der Waals surface area (Å²) < 4.78 is 61.6. The molecule has 2 atom stereocenters. The maximum Gasteiger partial charge on any atom is 0.419 e. The molecule has 1 aromatic heterocycles. The van der Waals surface area contributed by atoms with Crippen LogP contribution in [-0.2, 0) is 5.41 Å². The van der Waals surface area contributed by atoms with Crippen molar-refractivity contribution >= 4 is 16.9 Å². The van der Waals surface area contributed by atoms with E-state index >= 15 is 0 Å². The Kier molecular flexibility index (Phi) is 4.59. The maximum absolute atomic E-state index is 14.1. The summed E-state index contributed by atoms with van der Waals surface area (Å²) in [6, 6.07) is 7.84. The first-order valence-electron chi connectivity index (χ1n) is 9.45. The van der Waals surface area contributed by atoms with Gasteiger partial charge in [-0.25, -0.2) is 4.39 Å². The van der Waals surface area contributed by atoms with E-state index in [4.69, 9.17) is 4.42 Å². The Morgan fingerprint density at radius 1 is 1.19 bits per heavy atom. The number of hydrogen-bond donors (Lipinski definition) is 3. The molecular formula is C22H19F4NO4. The molecule has 2 aromatic carbocycles. The molecule has 0 fully saturated rings. The van der Waals surface area contributed by atoms with E-state index in [0.29, 0.717) is 11.0 Å². The Labute approximate surface area is 174 Å². The number of phenols is 1. The van der Waals surface area contributed by atoms with Gasteiger partial charge in [-0.2, -0.15) is 13.2 Å². The van der Waals surface area contributed by atoms with Crippen LogP contribution in [0, 0.1) is 5.82 Å². The summed E-state index contributed by atoms with van der Waals surface area (Å²) in [6.07, 6.45) is -6.03. The van der Waals surface area contributed by atoms with Crippen molar-refractivity contribution in [2.75, 3.05) is 0 Å². The number of carbonyl (C=O) groups is 1. The Morgan fingerprint density at radius 2 is 1.87 bits per heavy atom. The fraction of sp³-hybridized carbons (Fsp3) is 0.318. The molecule has 0 unspecified atom stereocenters. The molecule has 4 rings (SSSR count). The summed E-state index contributed by atoms with van der Waals surface area (Å²) in [5, 5.41) is 23.8. The van der Waals surface area contributed by atoms with Crippen LogP contribution in [0.25, 0.3) is 11.0 Å². The summed E-state index contributed by atoms with van der Waals surface area (Å²) in [5.41, 5.74) is -4.76. The van der Waals surface area contributed by atoms with Crippen molar-refractivity contribution in [3.8, 4) is 5.75 Å². The minimum absolute atomic E-state index is 0.101. The molecule has 0 spiro atoms. The van der Waals surface area contributed by atoms with E-state index in [2.05, 4.69) is 5.32 Å². The molecule has 1 aliphatic carbocycles. The molecule has 1 amide bonds. The smallest absolute Gasteiger partial charge is 0.419 e. The van der Waals surface area contributed by atoms with E-state index in [9.17, 15) is 32.6 Å². The Balaban J connectivity index is 1.84. The molecule has 1 heterocycles. The fourth-order valence-electron chi connectivity index (χ4n) is 4.41. The minimum atomic E-state index is -5.13. The largest absolute Gasteiger partial charge is 0.505 e. The van der Waals surface area contributed by atoms with Gasteiger partial charge < -0.3 is 19.9 Å². The van der Waals surface area contributed by atoms with Gasteiger partial charge in [-0.3, -0.25) is 4.79 Å². The molecule has 9 heteroatoms. The van der Waals surface area contributed by atoms with Crippen LogP contribution < -0.4 is 5.32 Å². The van der Waals surface area contributed by atoms with Crippen LogP contribution in [0.2, 0.25) is 0 Å². The highest BCUT2D eigenvalue weighted by molar-refractivity contribution is 5.96. The molecule has 1 aliphatic rings. The monoisotopic (exact) mass is 437 g/mol. The van der Waals surface area contributed by atoms with E-state index in [0.717, 1.165) is 12.1 Å². The molecule has 0 bridgehead atoms. The number of benzene rings is 2. The lowest BCUT2D eigenvalue weighted by molar-refractivity contribution is -0.280. The molecule has 0 radical (unpaired) electrons. The number of rotatable bonds is 2. The van der Waals surface area contributed by atoms with Crippen molar-refractivity contribution in [2.45, 2.75) is 43.5 Å². The van der Waals surface area contributed by atoms with Gasteiger partial charge in [0.15, 0.2) is 22.9 Å². The normalized spacial score (nSPS) is 22.9. The van der Waals surface area contributed by atoms with Crippen molar-refractivity contribution in [3.63, 3.8) is 0 Å². The first kappa shape index (κ1) is 21.2. The second-order valence-corrected chi connectivity index (χ2v) is 8.40. The number of aromatic hydroxyl groups is 1. The number of nitrogens with one attached hydrogen (secondary N) is 1. The number of fused-ring (bicyclic) bond motifs is 2. The highest BCUT2D eigenvalue weighted by atomic mass is 19.4. The van der Waals surface area contributed by atoms with Gasteiger partial charge in [0.1, 0.15) is 5.58 Å². The second-order valence-electron chi connectivity index (χ2n) is 8.40.